The second kappa shape index (κ2) is 14.2. The highest BCUT2D eigenvalue weighted by molar-refractivity contribution is 6.75. The number of aryl methyl sites for hydroxylation is 1. The van der Waals surface area contributed by atoms with E-state index in [0.29, 0.717) is 5.75 Å². The first kappa shape index (κ1) is 30.4. The summed E-state index contributed by atoms with van der Waals surface area (Å²) in [7, 11) is -4.21. The van der Waals surface area contributed by atoms with Crippen LogP contribution in [0.25, 0.3) is 10.8 Å². The van der Waals surface area contributed by atoms with Gasteiger partial charge in [0.05, 0.1) is 0 Å². The summed E-state index contributed by atoms with van der Waals surface area (Å²) in [5.74, 6) is 0.396. The molecule has 36 heavy (non-hydrogen) atoms. The van der Waals surface area contributed by atoms with Gasteiger partial charge in [-0.3, -0.25) is 0 Å². The Morgan fingerprint density at radius 2 is 1.19 bits per heavy atom. The summed E-state index contributed by atoms with van der Waals surface area (Å²) in [4.78, 5) is 12.7. The lowest BCUT2D eigenvalue weighted by Gasteiger charge is -2.35. The Balaban J connectivity index is 2.82. The van der Waals surface area contributed by atoms with Gasteiger partial charge in [0, 0.05) is 10.8 Å². The largest absolute Gasteiger partial charge is 0.543 e. The predicted molar refractivity (Wildman–Crippen MR) is 159 cm³/mol. The summed E-state index contributed by atoms with van der Waals surface area (Å²) >= 11 is 0. The average molecular weight is 531 g/mol. The zero-order valence-corrected chi connectivity index (χ0v) is 26.0. The van der Waals surface area contributed by atoms with Crippen LogP contribution in [0, 0.1) is 6.92 Å². The van der Waals surface area contributed by atoms with Crippen LogP contribution in [0.2, 0.25) is 36.3 Å². The summed E-state index contributed by atoms with van der Waals surface area (Å²) in [6, 6.07) is 14.4. The Morgan fingerprint density at radius 3 is 1.61 bits per heavy atom. The predicted octanol–water partition coefficient (Wildman–Crippen LogP) is 9.96. The van der Waals surface area contributed by atoms with Crippen LogP contribution in [0.15, 0.2) is 24.3 Å². The molecule has 0 aliphatic heterocycles. The molecule has 2 rings (SSSR count). The molecule has 0 amide bonds. The first-order valence-corrected chi connectivity index (χ1v) is 19.5. The van der Waals surface area contributed by atoms with E-state index in [0.717, 1.165) is 96.9 Å². The lowest BCUT2D eigenvalue weighted by atomic mass is 10.0. The molecule has 0 aromatic heterocycles. The Morgan fingerprint density at radius 1 is 0.750 bits per heavy atom. The quantitative estimate of drug-likeness (QED) is 0.207. The van der Waals surface area contributed by atoms with Crippen LogP contribution in [0.1, 0.15) is 96.0 Å². The van der Waals surface area contributed by atoms with E-state index < -0.39 is 22.6 Å². The van der Waals surface area contributed by atoms with Crippen LogP contribution >= 0.6 is 0 Å². The van der Waals surface area contributed by atoms with Crippen molar-refractivity contribution in [1.82, 2.24) is 0 Å². The van der Waals surface area contributed by atoms with Crippen LogP contribution in [0.5, 0.6) is 11.5 Å². The van der Waals surface area contributed by atoms with E-state index >= 15 is 0 Å². The van der Waals surface area contributed by atoms with Crippen LogP contribution in [0.3, 0.4) is 0 Å². The number of benzene rings is 2. The van der Waals surface area contributed by atoms with Crippen molar-refractivity contribution in [1.29, 1.82) is 0 Å². The lowest BCUT2D eigenvalue weighted by molar-refractivity contribution is 0.0694. The van der Waals surface area contributed by atoms with Crippen molar-refractivity contribution < 1.29 is 18.8 Å². The van der Waals surface area contributed by atoms with Crippen molar-refractivity contribution in [2.45, 2.75) is 123 Å². The Bertz CT molecular complexity index is 955. The molecule has 0 aliphatic rings. The third-order valence-electron chi connectivity index (χ3n) is 7.39. The molecule has 0 bridgehead atoms. The van der Waals surface area contributed by atoms with Gasteiger partial charge < -0.3 is 14.0 Å². The van der Waals surface area contributed by atoms with E-state index in [1.807, 2.05) is 12.1 Å². The lowest BCUT2D eigenvalue weighted by Crippen LogP contribution is -2.42. The maximum atomic E-state index is 12.7. The molecule has 1 N–H and O–H groups in total. The van der Waals surface area contributed by atoms with E-state index in [9.17, 15) is 9.90 Å². The van der Waals surface area contributed by atoms with Crippen LogP contribution in [-0.4, -0.2) is 27.7 Å². The number of fused-ring (bicyclic) bond motifs is 1. The average Bonchev–Trinajstić information content (AvgIpc) is 2.81. The zero-order valence-electron chi connectivity index (χ0n) is 24.0. The Kier molecular flexibility index (Phi) is 12.0. The molecule has 0 unspecified atom stereocenters. The summed E-state index contributed by atoms with van der Waals surface area (Å²) < 4.78 is 14.1. The van der Waals surface area contributed by atoms with Gasteiger partial charge in [0.25, 0.3) is 16.6 Å². The number of carbonyl (C=O) groups is 1. The standard InChI is InChI=1S/C30H50O4Si2/c1-8-17-35(18-9-2,19-10-3)33-27-23-26(30(31)32)29(25-16-14-15-24(7)28(25)27)34-36(20-11-4,21-12-5)22-13-6/h14-16,23H,8-13,17-22H2,1-7H3,(H,31,32). The first-order chi connectivity index (χ1) is 17.3. The van der Waals surface area contributed by atoms with Crippen LogP contribution < -0.4 is 8.85 Å². The van der Waals surface area contributed by atoms with Crippen molar-refractivity contribution in [3.8, 4) is 11.5 Å². The van der Waals surface area contributed by atoms with Gasteiger partial charge in [0.1, 0.15) is 17.1 Å². The van der Waals surface area contributed by atoms with E-state index in [1.54, 1.807) is 6.07 Å². The molecular weight excluding hydrogens is 480 g/mol. The molecule has 0 saturated carbocycles. The molecule has 0 heterocycles. The molecule has 0 saturated heterocycles. The minimum atomic E-state index is -2.15. The SMILES string of the molecule is CCC[Si](CCC)(CCC)Oc1c(C(=O)O)cc(O[Si](CCC)(CCC)CCC)c2c(C)cccc12. The van der Waals surface area contributed by atoms with E-state index in [4.69, 9.17) is 8.85 Å². The molecule has 0 radical (unpaired) electrons. The van der Waals surface area contributed by atoms with E-state index in [1.165, 1.54) is 0 Å². The maximum Gasteiger partial charge on any atom is 0.339 e. The van der Waals surface area contributed by atoms with Gasteiger partial charge in [0.15, 0.2) is 0 Å². The number of rotatable bonds is 17. The smallest absolute Gasteiger partial charge is 0.339 e. The second-order valence-corrected chi connectivity index (χ2v) is 18.8. The van der Waals surface area contributed by atoms with Gasteiger partial charge >= 0.3 is 5.97 Å². The zero-order chi connectivity index (χ0) is 26.8. The van der Waals surface area contributed by atoms with Crippen molar-refractivity contribution >= 4 is 33.4 Å². The monoisotopic (exact) mass is 530 g/mol. The highest BCUT2D eigenvalue weighted by atomic mass is 28.4. The van der Waals surface area contributed by atoms with Gasteiger partial charge in [-0.05, 0) is 54.8 Å². The third kappa shape index (κ3) is 7.15. The fraction of sp³-hybridized carbons (Fsp3) is 0.633. The maximum absolute atomic E-state index is 12.7. The summed E-state index contributed by atoms with van der Waals surface area (Å²) in [5.41, 5.74) is 1.38. The molecule has 0 fully saturated rings. The van der Waals surface area contributed by atoms with Gasteiger partial charge in [-0.2, -0.15) is 0 Å². The molecule has 6 heteroatoms. The number of carboxylic acid groups (broad SMARTS) is 1. The Labute approximate surface area is 222 Å². The van der Waals surface area contributed by atoms with Crippen LogP contribution in [-0.2, 0) is 0 Å². The first-order valence-electron chi connectivity index (χ1n) is 14.4. The molecule has 202 valence electrons. The molecule has 2 aromatic rings. The van der Waals surface area contributed by atoms with E-state index in [2.05, 4.69) is 54.5 Å². The van der Waals surface area contributed by atoms with Crippen LogP contribution in [0.4, 0.5) is 0 Å². The normalized spacial score (nSPS) is 12.2. The third-order valence-corrected chi connectivity index (χ3v) is 17.2. The molecular formula is C30H50O4Si2. The van der Waals surface area contributed by atoms with Crippen molar-refractivity contribution in [2.75, 3.05) is 0 Å². The van der Waals surface area contributed by atoms with Crippen molar-refractivity contribution in [3.05, 3.63) is 35.4 Å². The molecule has 0 spiro atoms. The minimum absolute atomic E-state index is 0.260. The molecule has 2 aromatic carbocycles. The van der Waals surface area contributed by atoms with Gasteiger partial charge in [0.2, 0.25) is 0 Å². The second-order valence-electron chi connectivity index (χ2n) is 10.6. The fourth-order valence-corrected chi connectivity index (χ4v) is 15.0. The highest BCUT2D eigenvalue weighted by Gasteiger charge is 2.38. The minimum Gasteiger partial charge on any atom is -0.543 e. The number of aromatic carboxylic acids is 1. The van der Waals surface area contributed by atoms with Gasteiger partial charge in [-0.25, -0.2) is 4.79 Å². The number of hydrogen-bond acceptors (Lipinski definition) is 3. The van der Waals surface area contributed by atoms with Gasteiger partial charge in [-0.1, -0.05) is 98.3 Å². The molecule has 0 atom stereocenters. The summed E-state index contributed by atoms with van der Waals surface area (Å²) in [6.45, 7) is 15.5. The fourth-order valence-electron chi connectivity index (χ4n) is 6.19. The molecule has 4 nitrogen and oxygen atoms in total. The molecule has 0 aliphatic carbocycles. The van der Waals surface area contributed by atoms with Crippen molar-refractivity contribution in [2.24, 2.45) is 0 Å². The summed E-state index contributed by atoms with van der Waals surface area (Å²) in [5, 5.41) is 12.3. The Hall–Kier alpha value is -1.80. The van der Waals surface area contributed by atoms with Crippen molar-refractivity contribution in [3.63, 3.8) is 0 Å². The number of carboxylic acids is 1. The highest BCUT2D eigenvalue weighted by Crippen LogP contribution is 2.43. The summed E-state index contributed by atoms with van der Waals surface area (Å²) in [6.07, 6.45) is 6.46. The van der Waals surface area contributed by atoms with Gasteiger partial charge in [-0.15, -0.1) is 0 Å². The topological polar surface area (TPSA) is 55.8 Å². The number of hydrogen-bond donors (Lipinski definition) is 1. The van der Waals surface area contributed by atoms with E-state index in [-0.39, 0.29) is 5.56 Å².